The van der Waals surface area contributed by atoms with Crippen molar-refractivity contribution in [2.45, 2.75) is 6.61 Å². The Hall–Kier alpha value is -2.86. The lowest BCUT2D eigenvalue weighted by molar-refractivity contribution is -0.386. The Morgan fingerprint density at radius 1 is 1.21 bits per heavy atom. The first-order chi connectivity index (χ1) is 11.6. The maximum atomic E-state index is 11.2. The Morgan fingerprint density at radius 3 is 2.75 bits per heavy atom. The molecule has 0 amide bonds. The number of hydrogen-bond donors (Lipinski definition) is 0. The average molecular weight is 345 g/mol. The van der Waals surface area contributed by atoms with Crippen LogP contribution < -0.4 is 9.47 Å². The van der Waals surface area contributed by atoms with E-state index in [1.165, 1.54) is 19.2 Å². The molecule has 2 aromatic carbocycles. The number of halogens is 1. The van der Waals surface area contributed by atoms with Crippen molar-refractivity contribution in [2.24, 2.45) is 0 Å². The number of nitrogens with zero attached hydrogens (tertiary/aromatic N) is 2. The van der Waals surface area contributed by atoms with Crippen LogP contribution in [0.4, 0.5) is 5.69 Å². The number of ether oxygens (including phenoxy) is 2. The fourth-order valence-corrected chi connectivity index (χ4v) is 2.48. The van der Waals surface area contributed by atoms with Crippen molar-refractivity contribution in [2.75, 3.05) is 7.11 Å². The zero-order valence-electron chi connectivity index (χ0n) is 12.7. The Balaban J connectivity index is 1.88. The Morgan fingerprint density at radius 2 is 2.00 bits per heavy atom. The molecule has 0 unspecified atom stereocenters. The van der Waals surface area contributed by atoms with Crippen LogP contribution in [-0.2, 0) is 6.61 Å². The molecule has 0 N–H and O–H groups in total. The van der Waals surface area contributed by atoms with Crippen molar-refractivity contribution in [1.82, 2.24) is 4.98 Å². The first-order valence-electron chi connectivity index (χ1n) is 7.08. The molecule has 6 nitrogen and oxygen atoms in total. The third-order valence-corrected chi connectivity index (χ3v) is 3.82. The highest BCUT2D eigenvalue weighted by Crippen LogP contribution is 2.32. The number of benzene rings is 2. The molecule has 122 valence electrons. The van der Waals surface area contributed by atoms with Gasteiger partial charge in [0.25, 0.3) is 0 Å². The predicted molar refractivity (Wildman–Crippen MR) is 90.7 cm³/mol. The number of aromatic nitrogens is 1. The van der Waals surface area contributed by atoms with Crippen LogP contribution in [-0.4, -0.2) is 17.0 Å². The van der Waals surface area contributed by atoms with Gasteiger partial charge in [-0.15, -0.1) is 0 Å². The largest absolute Gasteiger partial charge is 0.496 e. The van der Waals surface area contributed by atoms with Gasteiger partial charge in [0.2, 0.25) is 0 Å². The lowest BCUT2D eigenvalue weighted by Crippen LogP contribution is -2.01. The van der Waals surface area contributed by atoms with E-state index in [0.29, 0.717) is 16.5 Å². The van der Waals surface area contributed by atoms with Crippen LogP contribution in [0.5, 0.6) is 11.5 Å². The van der Waals surface area contributed by atoms with Gasteiger partial charge in [0.15, 0.2) is 5.75 Å². The first-order valence-corrected chi connectivity index (χ1v) is 7.45. The highest BCUT2D eigenvalue weighted by molar-refractivity contribution is 6.30. The van der Waals surface area contributed by atoms with E-state index >= 15 is 0 Å². The molecule has 0 saturated carbocycles. The summed E-state index contributed by atoms with van der Waals surface area (Å²) in [5.74, 6) is 0.532. The molecule has 0 bridgehead atoms. The van der Waals surface area contributed by atoms with Gasteiger partial charge in [-0.1, -0.05) is 29.8 Å². The summed E-state index contributed by atoms with van der Waals surface area (Å²) in [4.78, 5) is 15.0. The smallest absolute Gasteiger partial charge is 0.314 e. The van der Waals surface area contributed by atoms with Crippen molar-refractivity contribution < 1.29 is 14.4 Å². The minimum Gasteiger partial charge on any atom is -0.496 e. The number of rotatable bonds is 5. The summed E-state index contributed by atoms with van der Waals surface area (Å²) in [6, 6.07) is 13.8. The summed E-state index contributed by atoms with van der Waals surface area (Å²) in [7, 11) is 1.44. The van der Waals surface area contributed by atoms with E-state index in [9.17, 15) is 10.1 Å². The molecule has 7 heteroatoms. The number of para-hydroxylation sites is 1. The molecule has 0 fully saturated rings. The van der Waals surface area contributed by atoms with E-state index in [1.807, 2.05) is 30.3 Å². The molecular formula is C17H13ClN2O4. The Labute approximate surface area is 142 Å². The molecule has 3 aromatic rings. The highest BCUT2D eigenvalue weighted by Gasteiger charge is 2.17. The number of methoxy groups -OCH3 is 1. The second-order valence-corrected chi connectivity index (χ2v) is 5.37. The summed E-state index contributed by atoms with van der Waals surface area (Å²) >= 11 is 6.17. The quantitative estimate of drug-likeness (QED) is 0.390. The predicted octanol–water partition coefficient (Wildman–Crippen LogP) is 4.38. The van der Waals surface area contributed by atoms with Gasteiger partial charge in [-0.2, -0.15) is 0 Å². The third-order valence-electron chi connectivity index (χ3n) is 3.50. The summed E-state index contributed by atoms with van der Waals surface area (Å²) in [6.07, 6.45) is 0. The highest BCUT2D eigenvalue weighted by atomic mass is 35.5. The monoisotopic (exact) mass is 344 g/mol. The number of fused-ring (bicyclic) bond motifs is 1. The molecule has 0 spiro atoms. The van der Waals surface area contributed by atoms with E-state index in [-0.39, 0.29) is 18.0 Å². The van der Waals surface area contributed by atoms with E-state index in [0.717, 1.165) is 10.9 Å². The molecule has 0 aliphatic carbocycles. The molecule has 3 rings (SSSR count). The topological polar surface area (TPSA) is 74.5 Å². The van der Waals surface area contributed by atoms with Gasteiger partial charge in [0.1, 0.15) is 17.5 Å². The molecule has 0 aliphatic heterocycles. The zero-order chi connectivity index (χ0) is 17.1. The molecule has 0 saturated heterocycles. The third kappa shape index (κ3) is 3.23. The van der Waals surface area contributed by atoms with Gasteiger partial charge in [-0.05, 0) is 24.3 Å². The molecule has 0 atom stereocenters. The van der Waals surface area contributed by atoms with Crippen LogP contribution in [0.25, 0.3) is 10.9 Å². The van der Waals surface area contributed by atoms with Gasteiger partial charge in [0, 0.05) is 10.9 Å². The SMILES string of the molecule is COc1ccc(OCc2cc3ccccc3nc2Cl)c([N+](=O)[O-])c1. The second-order valence-electron chi connectivity index (χ2n) is 5.01. The maximum Gasteiger partial charge on any atom is 0.314 e. The fourth-order valence-electron chi connectivity index (χ4n) is 2.28. The van der Waals surface area contributed by atoms with E-state index in [2.05, 4.69) is 4.98 Å². The minimum absolute atomic E-state index is 0.0733. The molecular weight excluding hydrogens is 332 g/mol. The van der Waals surface area contributed by atoms with Gasteiger partial charge < -0.3 is 9.47 Å². The minimum atomic E-state index is -0.516. The Bertz CT molecular complexity index is 914. The summed E-state index contributed by atoms with van der Waals surface area (Å²) in [5.41, 5.74) is 1.27. The summed E-state index contributed by atoms with van der Waals surface area (Å²) in [6.45, 7) is 0.0733. The molecule has 1 heterocycles. The van der Waals surface area contributed by atoms with Crippen molar-refractivity contribution >= 4 is 28.2 Å². The van der Waals surface area contributed by atoms with E-state index in [4.69, 9.17) is 21.1 Å². The lowest BCUT2D eigenvalue weighted by Gasteiger charge is -2.10. The van der Waals surface area contributed by atoms with Gasteiger partial charge in [0.05, 0.1) is 23.6 Å². The summed E-state index contributed by atoms with van der Waals surface area (Å²) in [5, 5.41) is 12.4. The van der Waals surface area contributed by atoms with Crippen molar-refractivity contribution in [3.63, 3.8) is 0 Å². The van der Waals surface area contributed by atoms with Crippen LogP contribution in [0.1, 0.15) is 5.56 Å². The van der Waals surface area contributed by atoms with Crippen molar-refractivity contribution in [3.8, 4) is 11.5 Å². The van der Waals surface area contributed by atoms with Gasteiger partial charge >= 0.3 is 5.69 Å². The standard InChI is InChI=1S/C17H13ClN2O4/c1-23-13-6-7-16(15(9-13)20(21)22)24-10-12-8-11-4-2-3-5-14(11)19-17(12)18/h2-9H,10H2,1H3. The lowest BCUT2D eigenvalue weighted by atomic mass is 10.2. The van der Waals surface area contributed by atoms with E-state index < -0.39 is 4.92 Å². The van der Waals surface area contributed by atoms with Crippen LogP contribution in [0, 0.1) is 10.1 Å². The first kappa shape index (κ1) is 16.0. The van der Waals surface area contributed by atoms with Gasteiger partial charge in [-0.25, -0.2) is 4.98 Å². The second kappa shape index (κ2) is 6.72. The molecule has 0 aliphatic rings. The van der Waals surface area contributed by atoms with Crippen LogP contribution in [0.3, 0.4) is 0 Å². The normalized spacial score (nSPS) is 10.6. The molecule has 24 heavy (non-hydrogen) atoms. The maximum absolute atomic E-state index is 11.2. The molecule has 0 radical (unpaired) electrons. The fraction of sp³-hybridized carbons (Fsp3) is 0.118. The van der Waals surface area contributed by atoms with Gasteiger partial charge in [-0.3, -0.25) is 10.1 Å². The van der Waals surface area contributed by atoms with Crippen LogP contribution in [0.2, 0.25) is 5.15 Å². The van der Waals surface area contributed by atoms with Crippen LogP contribution in [0.15, 0.2) is 48.5 Å². The van der Waals surface area contributed by atoms with E-state index in [1.54, 1.807) is 6.07 Å². The number of hydrogen-bond acceptors (Lipinski definition) is 5. The number of nitro benzene ring substituents is 1. The van der Waals surface area contributed by atoms with Crippen molar-refractivity contribution in [1.29, 1.82) is 0 Å². The van der Waals surface area contributed by atoms with Crippen molar-refractivity contribution in [3.05, 3.63) is 69.4 Å². The van der Waals surface area contributed by atoms with Crippen LogP contribution >= 0.6 is 11.6 Å². The zero-order valence-corrected chi connectivity index (χ0v) is 13.5. The average Bonchev–Trinajstić information content (AvgIpc) is 2.59. The number of pyridine rings is 1. The summed E-state index contributed by atoms with van der Waals surface area (Å²) < 4.78 is 10.6. The molecule has 1 aromatic heterocycles. The Kier molecular flexibility index (Phi) is 4.48. The number of nitro groups is 1.